The van der Waals surface area contributed by atoms with Crippen LogP contribution in [0.5, 0.6) is 0 Å². The first kappa shape index (κ1) is 20.8. The quantitative estimate of drug-likeness (QED) is 0.325. The molecule has 6 heteroatoms. The maximum Gasteiger partial charge on any atom is 0.134 e. The fourth-order valence-electron chi connectivity index (χ4n) is 4.05. The molecule has 0 saturated carbocycles. The van der Waals surface area contributed by atoms with E-state index in [1.165, 1.54) is 5.56 Å². The highest BCUT2D eigenvalue weighted by atomic mass is 16.3. The van der Waals surface area contributed by atoms with Gasteiger partial charge in [-0.05, 0) is 55.2 Å². The Kier molecular flexibility index (Phi) is 5.81. The maximum absolute atomic E-state index is 5.64. The average molecular weight is 436 g/mol. The molecule has 1 aromatic carbocycles. The van der Waals surface area contributed by atoms with E-state index in [4.69, 9.17) is 9.40 Å². The molecule has 5 aromatic rings. The molecule has 0 fully saturated rings. The summed E-state index contributed by atoms with van der Waals surface area (Å²) in [5.41, 5.74) is 6.15. The van der Waals surface area contributed by atoms with Crippen LogP contribution in [0.1, 0.15) is 30.5 Å². The van der Waals surface area contributed by atoms with Gasteiger partial charge in [-0.15, -0.1) is 0 Å². The minimum absolute atomic E-state index is 0.322. The van der Waals surface area contributed by atoms with Crippen LogP contribution in [0.3, 0.4) is 0 Å². The van der Waals surface area contributed by atoms with Crippen LogP contribution >= 0.6 is 0 Å². The standard InChI is InChI=1S/C27H25N5O/c1-18(10-12-28-26-15-24(31-17-32-26)20-9-8-19(2)30-16-20)21-5-3-6-23-22(11-13-29-27(21)23)25-7-4-14-33-25/h3-9,11,13-18H,10,12H2,1-2H3,(H,28,31,32). The van der Waals surface area contributed by atoms with E-state index >= 15 is 0 Å². The lowest BCUT2D eigenvalue weighted by molar-refractivity contribution is 0.583. The van der Waals surface area contributed by atoms with Crippen molar-refractivity contribution in [2.75, 3.05) is 11.9 Å². The van der Waals surface area contributed by atoms with Crippen LogP contribution in [0.4, 0.5) is 5.82 Å². The van der Waals surface area contributed by atoms with Crippen molar-refractivity contribution in [2.24, 2.45) is 0 Å². The van der Waals surface area contributed by atoms with Gasteiger partial charge < -0.3 is 9.73 Å². The van der Waals surface area contributed by atoms with Crippen molar-refractivity contribution in [1.82, 2.24) is 19.9 Å². The molecule has 1 N–H and O–H groups in total. The van der Waals surface area contributed by atoms with E-state index < -0.39 is 0 Å². The molecule has 0 aliphatic heterocycles. The molecule has 6 nitrogen and oxygen atoms in total. The predicted octanol–water partition coefficient (Wildman–Crippen LogP) is 6.26. The Morgan fingerprint density at radius 1 is 0.970 bits per heavy atom. The number of pyridine rings is 2. The maximum atomic E-state index is 5.64. The minimum Gasteiger partial charge on any atom is -0.464 e. The third kappa shape index (κ3) is 4.46. The van der Waals surface area contributed by atoms with Gasteiger partial charge >= 0.3 is 0 Å². The molecule has 33 heavy (non-hydrogen) atoms. The van der Waals surface area contributed by atoms with Crippen LogP contribution < -0.4 is 5.32 Å². The average Bonchev–Trinajstić information content (AvgIpc) is 3.39. The van der Waals surface area contributed by atoms with Crippen molar-refractivity contribution in [3.05, 3.63) is 90.8 Å². The molecule has 0 radical (unpaired) electrons. The second-order valence-corrected chi connectivity index (χ2v) is 8.17. The Bertz CT molecular complexity index is 1360. The van der Waals surface area contributed by atoms with Crippen LogP contribution in [0, 0.1) is 6.92 Å². The summed E-state index contributed by atoms with van der Waals surface area (Å²) in [6.07, 6.45) is 7.93. The SMILES string of the molecule is Cc1ccc(-c2cc(NCCC(C)c3cccc4c(-c5ccco5)ccnc34)ncn2)cn1. The van der Waals surface area contributed by atoms with Crippen molar-refractivity contribution >= 4 is 16.7 Å². The molecule has 1 atom stereocenters. The summed E-state index contributed by atoms with van der Waals surface area (Å²) in [6, 6.07) is 18.3. The molecular formula is C27H25N5O. The molecular weight excluding hydrogens is 410 g/mol. The summed E-state index contributed by atoms with van der Waals surface area (Å²) in [7, 11) is 0. The molecule has 0 aliphatic rings. The molecule has 0 bridgehead atoms. The van der Waals surface area contributed by atoms with Crippen LogP contribution in [0.2, 0.25) is 0 Å². The monoisotopic (exact) mass is 435 g/mol. The summed E-state index contributed by atoms with van der Waals surface area (Å²) in [5.74, 6) is 1.99. The van der Waals surface area contributed by atoms with E-state index in [-0.39, 0.29) is 0 Å². The fourth-order valence-corrected chi connectivity index (χ4v) is 4.05. The molecule has 0 amide bonds. The number of nitrogens with one attached hydrogen (secondary N) is 1. The number of rotatable bonds is 7. The van der Waals surface area contributed by atoms with Crippen molar-refractivity contribution in [3.63, 3.8) is 0 Å². The summed E-state index contributed by atoms with van der Waals surface area (Å²) in [6.45, 7) is 5.00. The minimum atomic E-state index is 0.322. The number of hydrogen-bond acceptors (Lipinski definition) is 6. The molecule has 164 valence electrons. The molecule has 1 unspecified atom stereocenters. The smallest absolute Gasteiger partial charge is 0.134 e. The second kappa shape index (κ2) is 9.20. The number of fused-ring (bicyclic) bond motifs is 1. The van der Waals surface area contributed by atoms with Gasteiger partial charge in [0.2, 0.25) is 0 Å². The van der Waals surface area contributed by atoms with Crippen molar-refractivity contribution in [3.8, 4) is 22.6 Å². The van der Waals surface area contributed by atoms with Crippen LogP contribution in [0.15, 0.2) is 84.0 Å². The zero-order valence-electron chi connectivity index (χ0n) is 18.7. The first-order valence-electron chi connectivity index (χ1n) is 11.1. The summed E-state index contributed by atoms with van der Waals surface area (Å²) in [5, 5.41) is 4.55. The molecule has 0 spiro atoms. The first-order valence-corrected chi connectivity index (χ1v) is 11.1. The lowest BCUT2D eigenvalue weighted by atomic mass is 9.93. The van der Waals surface area contributed by atoms with Gasteiger partial charge in [-0.3, -0.25) is 9.97 Å². The van der Waals surface area contributed by atoms with Crippen molar-refractivity contribution in [1.29, 1.82) is 0 Å². The second-order valence-electron chi connectivity index (χ2n) is 8.17. The van der Waals surface area contributed by atoms with Gasteiger partial charge in [0.25, 0.3) is 0 Å². The topological polar surface area (TPSA) is 76.7 Å². The Morgan fingerprint density at radius 2 is 1.91 bits per heavy atom. The highest BCUT2D eigenvalue weighted by Crippen LogP contribution is 2.32. The van der Waals surface area contributed by atoms with Gasteiger partial charge in [0.1, 0.15) is 17.9 Å². The molecule has 4 aromatic heterocycles. The molecule has 0 aliphatic carbocycles. The van der Waals surface area contributed by atoms with E-state index in [1.54, 1.807) is 12.6 Å². The fraction of sp³-hybridized carbons (Fsp3) is 0.185. The van der Waals surface area contributed by atoms with Crippen molar-refractivity contribution < 1.29 is 4.42 Å². The third-order valence-electron chi connectivity index (χ3n) is 5.88. The summed E-state index contributed by atoms with van der Waals surface area (Å²) in [4.78, 5) is 17.8. The first-order chi connectivity index (χ1) is 16.2. The van der Waals surface area contributed by atoms with E-state index in [0.29, 0.717) is 5.92 Å². The van der Waals surface area contributed by atoms with E-state index in [9.17, 15) is 0 Å². The number of furan rings is 1. The highest BCUT2D eigenvalue weighted by molar-refractivity contribution is 5.94. The van der Waals surface area contributed by atoms with Gasteiger partial charge in [-0.1, -0.05) is 25.1 Å². The number of para-hydroxylation sites is 1. The molecule has 4 heterocycles. The Hall–Kier alpha value is -4.06. The highest BCUT2D eigenvalue weighted by Gasteiger charge is 2.14. The number of benzene rings is 1. The molecule has 0 saturated heterocycles. The van der Waals surface area contributed by atoms with Crippen LogP contribution in [0.25, 0.3) is 33.5 Å². The zero-order chi connectivity index (χ0) is 22.6. The number of anilines is 1. The summed E-state index contributed by atoms with van der Waals surface area (Å²) < 4.78 is 5.64. The largest absolute Gasteiger partial charge is 0.464 e. The lowest BCUT2D eigenvalue weighted by Crippen LogP contribution is -2.08. The van der Waals surface area contributed by atoms with Crippen molar-refractivity contribution in [2.45, 2.75) is 26.2 Å². The number of nitrogens with zero attached hydrogens (tertiary/aromatic N) is 4. The van der Waals surface area contributed by atoms with E-state index in [2.05, 4.69) is 45.4 Å². The van der Waals surface area contributed by atoms with Crippen LogP contribution in [-0.4, -0.2) is 26.5 Å². The molecule has 5 rings (SSSR count). The van der Waals surface area contributed by atoms with Gasteiger partial charge in [-0.2, -0.15) is 0 Å². The lowest BCUT2D eigenvalue weighted by Gasteiger charge is -2.16. The van der Waals surface area contributed by atoms with Gasteiger partial charge in [-0.25, -0.2) is 9.97 Å². The van der Waals surface area contributed by atoms with Crippen LogP contribution in [-0.2, 0) is 0 Å². The third-order valence-corrected chi connectivity index (χ3v) is 5.88. The normalized spacial score (nSPS) is 12.1. The Morgan fingerprint density at radius 3 is 2.73 bits per heavy atom. The Labute approximate surface area is 192 Å². The van der Waals surface area contributed by atoms with E-state index in [0.717, 1.165) is 58.0 Å². The predicted molar refractivity (Wildman–Crippen MR) is 131 cm³/mol. The van der Waals surface area contributed by atoms with Gasteiger partial charge in [0.15, 0.2) is 0 Å². The number of hydrogen-bond donors (Lipinski definition) is 1. The Balaban J connectivity index is 1.30. The number of aryl methyl sites for hydroxylation is 1. The number of aromatic nitrogens is 4. The van der Waals surface area contributed by atoms with Gasteiger partial charge in [0.05, 0.1) is 17.5 Å². The summed E-state index contributed by atoms with van der Waals surface area (Å²) >= 11 is 0. The van der Waals surface area contributed by atoms with E-state index in [1.807, 2.05) is 55.7 Å². The van der Waals surface area contributed by atoms with Gasteiger partial charge in [0, 0.05) is 47.2 Å². The zero-order valence-corrected chi connectivity index (χ0v) is 18.7.